The highest BCUT2D eigenvalue weighted by molar-refractivity contribution is 5.77. The van der Waals surface area contributed by atoms with E-state index >= 15 is 0 Å². The van der Waals surface area contributed by atoms with Crippen molar-refractivity contribution in [2.24, 2.45) is 0 Å². The van der Waals surface area contributed by atoms with Crippen LogP contribution in [0.4, 0.5) is 23.1 Å². The highest BCUT2D eigenvalue weighted by atomic mass is 16.1. The molecule has 3 aromatic heterocycles. The van der Waals surface area contributed by atoms with E-state index in [2.05, 4.69) is 63.9 Å². The fraction of sp³-hybridized carbons (Fsp3) is 0.400. The van der Waals surface area contributed by atoms with Crippen molar-refractivity contribution in [2.75, 3.05) is 61.9 Å². The molecule has 0 amide bonds. The van der Waals surface area contributed by atoms with E-state index in [-0.39, 0.29) is 11.0 Å². The normalized spacial score (nSPS) is 18.2. The maximum Gasteiger partial charge on any atom is 0.278 e. The number of piperazine rings is 1. The minimum Gasteiger partial charge on any atom is -0.369 e. The summed E-state index contributed by atoms with van der Waals surface area (Å²) in [4.78, 5) is 34.8. The first kappa shape index (κ1) is 24.8. The molecule has 3 aliphatic rings. The van der Waals surface area contributed by atoms with Gasteiger partial charge in [0, 0.05) is 68.3 Å². The first-order chi connectivity index (χ1) is 19.5. The van der Waals surface area contributed by atoms with Crippen molar-refractivity contribution in [3.63, 3.8) is 0 Å². The summed E-state index contributed by atoms with van der Waals surface area (Å²) in [7, 11) is 4.27. The lowest BCUT2D eigenvalue weighted by molar-refractivity contribution is 0.265. The number of benzene rings is 1. The molecule has 0 unspecified atom stereocenters. The van der Waals surface area contributed by atoms with Crippen LogP contribution in [-0.2, 0) is 12.0 Å². The Bertz CT molecular complexity index is 1640. The topological polar surface area (TPSA) is 87.3 Å². The second-order valence-electron chi connectivity index (χ2n) is 11.4. The third-order valence-corrected chi connectivity index (χ3v) is 8.83. The SMILES string of the molecule is C=CCn1c(=O)c2cnc(Nc3ccc(N4CCN(C)CC4)cc3)nc2n1-c1ccc2c(n1)N(C)CC21CCC1. The first-order valence-electron chi connectivity index (χ1n) is 14.1. The van der Waals surface area contributed by atoms with Gasteiger partial charge in [-0.3, -0.25) is 4.79 Å². The zero-order valence-corrected chi connectivity index (χ0v) is 23.2. The summed E-state index contributed by atoms with van der Waals surface area (Å²) in [5.41, 5.74) is 4.00. The third kappa shape index (κ3) is 3.97. The quantitative estimate of drug-likeness (QED) is 0.374. The number of anilines is 4. The number of likely N-dealkylation sites (N-methyl/N-ethyl adjacent to an activating group) is 2. The number of nitrogens with one attached hydrogen (secondary N) is 1. The number of fused-ring (bicyclic) bond motifs is 3. The van der Waals surface area contributed by atoms with Gasteiger partial charge in [0.15, 0.2) is 11.5 Å². The largest absolute Gasteiger partial charge is 0.369 e. The van der Waals surface area contributed by atoms with Crippen LogP contribution in [-0.4, -0.2) is 76.0 Å². The molecular formula is C30H35N9O. The molecule has 7 rings (SSSR count). The molecule has 1 saturated carbocycles. The van der Waals surface area contributed by atoms with Crippen molar-refractivity contribution in [3.05, 3.63) is 71.2 Å². The van der Waals surface area contributed by atoms with Crippen molar-refractivity contribution in [2.45, 2.75) is 31.2 Å². The second-order valence-corrected chi connectivity index (χ2v) is 11.4. The van der Waals surface area contributed by atoms with E-state index in [1.807, 2.05) is 22.9 Å². The van der Waals surface area contributed by atoms with Crippen LogP contribution in [0.1, 0.15) is 24.8 Å². The molecule has 1 saturated heterocycles. The number of pyridine rings is 1. The van der Waals surface area contributed by atoms with Gasteiger partial charge in [0.25, 0.3) is 5.56 Å². The fourth-order valence-electron chi connectivity index (χ4n) is 6.46. The number of hydrogen-bond acceptors (Lipinski definition) is 8. The van der Waals surface area contributed by atoms with E-state index in [0.29, 0.717) is 29.3 Å². The first-order valence-corrected chi connectivity index (χ1v) is 14.1. The summed E-state index contributed by atoms with van der Waals surface area (Å²) >= 11 is 0. The zero-order chi connectivity index (χ0) is 27.4. The molecule has 10 heteroatoms. The minimum absolute atomic E-state index is 0.163. The Hall–Kier alpha value is -4.18. The number of hydrogen-bond donors (Lipinski definition) is 1. The van der Waals surface area contributed by atoms with Gasteiger partial charge in [-0.15, -0.1) is 6.58 Å². The van der Waals surface area contributed by atoms with Crippen LogP contribution in [0.2, 0.25) is 0 Å². The van der Waals surface area contributed by atoms with Crippen LogP contribution in [0, 0.1) is 0 Å². The molecule has 206 valence electrons. The van der Waals surface area contributed by atoms with Crippen molar-refractivity contribution in [3.8, 4) is 5.82 Å². The lowest BCUT2D eigenvalue weighted by Crippen LogP contribution is -2.44. The lowest BCUT2D eigenvalue weighted by atomic mass is 9.66. The minimum atomic E-state index is -0.163. The summed E-state index contributed by atoms with van der Waals surface area (Å²) in [5, 5.41) is 3.77. The van der Waals surface area contributed by atoms with Crippen molar-refractivity contribution in [1.82, 2.24) is 29.2 Å². The molecule has 1 aromatic carbocycles. The molecule has 2 aliphatic heterocycles. The van der Waals surface area contributed by atoms with E-state index in [1.54, 1.807) is 17.0 Å². The molecule has 2 fully saturated rings. The molecule has 1 aliphatic carbocycles. The summed E-state index contributed by atoms with van der Waals surface area (Å²) in [6, 6.07) is 12.6. The van der Waals surface area contributed by atoms with Gasteiger partial charge >= 0.3 is 0 Å². The van der Waals surface area contributed by atoms with Crippen LogP contribution in [0.3, 0.4) is 0 Å². The fourth-order valence-corrected chi connectivity index (χ4v) is 6.46. The highest BCUT2D eigenvalue weighted by Gasteiger charge is 2.46. The average Bonchev–Trinajstić information content (AvgIpc) is 3.40. The molecule has 40 heavy (non-hydrogen) atoms. The van der Waals surface area contributed by atoms with Crippen LogP contribution in [0.25, 0.3) is 16.9 Å². The van der Waals surface area contributed by atoms with Crippen molar-refractivity contribution < 1.29 is 0 Å². The molecule has 1 spiro atoms. The van der Waals surface area contributed by atoms with Crippen molar-refractivity contribution in [1.29, 1.82) is 0 Å². The number of aromatic nitrogens is 5. The van der Waals surface area contributed by atoms with Gasteiger partial charge in [-0.25, -0.2) is 19.3 Å². The number of rotatable bonds is 6. The van der Waals surface area contributed by atoms with Crippen molar-refractivity contribution >= 4 is 34.2 Å². The molecule has 5 heterocycles. The maximum absolute atomic E-state index is 13.4. The molecule has 0 radical (unpaired) electrons. The Morgan fingerprint density at radius 2 is 1.80 bits per heavy atom. The Balaban J connectivity index is 1.23. The Kier molecular flexibility index (Phi) is 5.88. The molecule has 0 bridgehead atoms. The Morgan fingerprint density at radius 1 is 1.02 bits per heavy atom. The maximum atomic E-state index is 13.4. The van der Waals surface area contributed by atoms with E-state index in [9.17, 15) is 4.79 Å². The average molecular weight is 538 g/mol. The monoisotopic (exact) mass is 537 g/mol. The molecule has 10 nitrogen and oxygen atoms in total. The number of nitrogens with zero attached hydrogens (tertiary/aromatic N) is 8. The zero-order valence-electron chi connectivity index (χ0n) is 23.2. The van der Waals surface area contributed by atoms with Crippen LogP contribution >= 0.6 is 0 Å². The second kappa shape index (κ2) is 9.48. The molecule has 4 aromatic rings. The van der Waals surface area contributed by atoms with Crippen LogP contribution in [0.15, 0.2) is 60.0 Å². The third-order valence-electron chi connectivity index (χ3n) is 8.83. The van der Waals surface area contributed by atoms with E-state index < -0.39 is 0 Å². The van der Waals surface area contributed by atoms with Gasteiger partial charge in [-0.2, -0.15) is 4.98 Å². The molecule has 1 N–H and O–H groups in total. The van der Waals surface area contributed by atoms with Gasteiger partial charge in [0.1, 0.15) is 11.2 Å². The molecular weight excluding hydrogens is 502 g/mol. The predicted octanol–water partition coefficient (Wildman–Crippen LogP) is 3.53. The summed E-state index contributed by atoms with van der Waals surface area (Å²) in [6.07, 6.45) is 7.00. The van der Waals surface area contributed by atoms with Gasteiger partial charge in [-0.1, -0.05) is 18.6 Å². The lowest BCUT2D eigenvalue weighted by Gasteiger charge is -2.38. The summed E-state index contributed by atoms with van der Waals surface area (Å²) < 4.78 is 3.44. The van der Waals surface area contributed by atoms with Gasteiger partial charge in [-0.05, 0) is 50.2 Å². The Labute approximate surface area is 233 Å². The van der Waals surface area contributed by atoms with E-state index in [0.717, 1.165) is 44.2 Å². The molecule has 0 atom stereocenters. The summed E-state index contributed by atoms with van der Waals surface area (Å²) in [6.45, 7) is 9.38. The smallest absolute Gasteiger partial charge is 0.278 e. The number of allylic oxidation sites excluding steroid dienone is 1. The Morgan fingerprint density at radius 3 is 2.50 bits per heavy atom. The highest BCUT2D eigenvalue weighted by Crippen LogP contribution is 2.51. The van der Waals surface area contributed by atoms with Gasteiger partial charge < -0.3 is 20.0 Å². The van der Waals surface area contributed by atoms with Gasteiger partial charge in [0.2, 0.25) is 5.95 Å². The van der Waals surface area contributed by atoms with Crippen LogP contribution < -0.4 is 20.7 Å². The summed E-state index contributed by atoms with van der Waals surface area (Å²) in [5.74, 6) is 2.08. The van der Waals surface area contributed by atoms with Gasteiger partial charge in [0.05, 0.1) is 6.54 Å². The van der Waals surface area contributed by atoms with E-state index in [1.165, 1.54) is 30.5 Å². The van der Waals surface area contributed by atoms with Crippen LogP contribution in [0.5, 0.6) is 0 Å². The van der Waals surface area contributed by atoms with E-state index in [4.69, 9.17) is 9.97 Å². The predicted molar refractivity (Wildman–Crippen MR) is 159 cm³/mol. The standard InChI is InChI=1S/C30H35N9O/c1-4-14-38-28(40)23-19-31-29(32-21-6-8-22(9-7-21)37-17-15-35(2)16-18-37)34-26(23)39(38)25-11-10-24-27(33-25)36(3)20-30(24)12-5-13-30/h4,6-11,19H,1,5,12-18,20H2,2-3H3,(H,31,32,34).